The molecule has 0 aliphatic heterocycles. The molecule has 0 saturated carbocycles. The molecule has 0 radical (unpaired) electrons. The van der Waals surface area contributed by atoms with Gasteiger partial charge in [-0.05, 0) is 12.8 Å². The molecule has 0 aliphatic carbocycles. The van der Waals surface area contributed by atoms with Crippen molar-refractivity contribution >= 4 is 6.08 Å². The number of aliphatic hydroxyl groups is 1. The van der Waals surface area contributed by atoms with Crippen LogP contribution in [0.3, 0.4) is 0 Å². The van der Waals surface area contributed by atoms with E-state index in [0.29, 0.717) is 13.2 Å². The summed E-state index contributed by atoms with van der Waals surface area (Å²) in [6, 6.07) is 0. The molecule has 3 heteroatoms. The second kappa shape index (κ2) is 20.3. The predicted octanol–water partition coefficient (Wildman–Crippen LogP) is 5.56. The number of hydrogen-bond donors (Lipinski definition) is 1. The molecular weight excluding hydrogens is 274 g/mol. The normalized spacial score (nSPS) is 10.6. The van der Waals surface area contributed by atoms with Gasteiger partial charge in [0.15, 0.2) is 0 Å². The van der Waals surface area contributed by atoms with Crippen LogP contribution in [0.4, 0.5) is 0 Å². The van der Waals surface area contributed by atoms with Crippen molar-refractivity contribution in [3.8, 4) is 0 Å². The summed E-state index contributed by atoms with van der Waals surface area (Å²) in [7, 11) is 0. The third kappa shape index (κ3) is 19.3. The zero-order chi connectivity index (χ0) is 16.1. The summed E-state index contributed by atoms with van der Waals surface area (Å²) in [5.41, 5.74) is 0. The van der Waals surface area contributed by atoms with Gasteiger partial charge in [0.05, 0.1) is 6.54 Å². The van der Waals surface area contributed by atoms with Crippen molar-refractivity contribution in [3.63, 3.8) is 0 Å². The van der Waals surface area contributed by atoms with Crippen LogP contribution in [0.1, 0.15) is 103 Å². The van der Waals surface area contributed by atoms with Gasteiger partial charge in [0.2, 0.25) is 6.08 Å². The third-order valence-corrected chi connectivity index (χ3v) is 4.24. The molecular formula is C19H37NO2. The van der Waals surface area contributed by atoms with Crippen LogP contribution >= 0.6 is 0 Å². The van der Waals surface area contributed by atoms with Crippen molar-refractivity contribution in [2.75, 3.05) is 13.2 Å². The first kappa shape index (κ1) is 21.3. The lowest BCUT2D eigenvalue weighted by Crippen LogP contribution is -1.85. The van der Waals surface area contributed by atoms with Crippen molar-refractivity contribution < 1.29 is 9.90 Å². The Hall–Kier alpha value is -0.660. The van der Waals surface area contributed by atoms with Gasteiger partial charge in [0.25, 0.3) is 0 Å². The highest BCUT2D eigenvalue weighted by Gasteiger charge is 1.94. The minimum absolute atomic E-state index is 0.356. The van der Waals surface area contributed by atoms with Crippen LogP contribution in [-0.4, -0.2) is 24.3 Å². The van der Waals surface area contributed by atoms with Gasteiger partial charge in [-0.25, -0.2) is 9.79 Å². The lowest BCUT2D eigenvalue weighted by atomic mass is 10.0. The average Bonchev–Trinajstić information content (AvgIpc) is 2.54. The number of rotatable bonds is 18. The fourth-order valence-corrected chi connectivity index (χ4v) is 2.82. The van der Waals surface area contributed by atoms with Crippen molar-refractivity contribution in [2.24, 2.45) is 4.99 Å². The van der Waals surface area contributed by atoms with Crippen LogP contribution in [0.5, 0.6) is 0 Å². The Bertz CT molecular complexity index is 250. The maximum Gasteiger partial charge on any atom is 0.234 e. The number of isocyanates is 1. The fourth-order valence-electron chi connectivity index (χ4n) is 2.82. The summed E-state index contributed by atoms with van der Waals surface area (Å²) >= 11 is 0. The Balaban J connectivity index is 2.95. The molecule has 0 spiro atoms. The Labute approximate surface area is 137 Å². The van der Waals surface area contributed by atoms with Gasteiger partial charge in [-0.2, -0.15) is 0 Å². The molecule has 0 fully saturated rings. The first-order chi connectivity index (χ1) is 10.9. The second-order valence-electron chi connectivity index (χ2n) is 6.35. The predicted molar refractivity (Wildman–Crippen MR) is 93.9 cm³/mol. The zero-order valence-electron chi connectivity index (χ0n) is 14.5. The van der Waals surface area contributed by atoms with E-state index in [4.69, 9.17) is 5.11 Å². The third-order valence-electron chi connectivity index (χ3n) is 4.24. The molecule has 0 amide bonds. The summed E-state index contributed by atoms with van der Waals surface area (Å²) in [4.78, 5) is 13.4. The van der Waals surface area contributed by atoms with E-state index < -0.39 is 0 Å². The van der Waals surface area contributed by atoms with Crippen molar-refractivity contribution in [3.05, 3.63) is 0 Å². The van der Waals surface area contributed by atoms with Crippen molar-refractivity contribution in [1.29, 1.82) is 0 Å². The molecule has 0 heterocycles. The van der Waals surface area contributed by atoms with Crippen LogP contribution < -0.4 is 0 Å². The fraction of sp³-hybridized carbons (Fsp3) is 0.947. The van der Waals surface area contributed by atoms with E-state index in [9.17, 15) is 4.79 Å². The molecule has 22 heavy (non-hydrogen) atoms. The average molecular weight is 312 g/mol. The van der Waals surface area contributed by atoms with E-state index in [1.54, 1.807) is 6.08 Å². The Morgan fingerprint density at radius 2 is 0.864 bits per heavy atom. The maximum atomic E-state index is 9.88. The summed E-state index contributed by atoms with van der Waals surface area (Å²) in [6.45, 7) is 1.01. The number of hydrogen-bond acceptors (Lipinski definition) is 3. The van der Waals surface area contributed by atoms with Crippen LogP contribution in [0.2, 0.25) is 0 Å². The Morgan fingerprint density at radius 3 is 1.18 bits per heavy atom. The Morgan fingerprint density at radius 1 is 0.545 bits per heavy atom. The second-order valence-corrected chi connectivity index (χ2v) is 6.35. The van der Waals surface area contributed by atoms with E-state index in [-0.39, 0.29) is 0 Å². The largest absolute Gasteiger partial charge is 0.396 e. The number of carbonyl (C=O) groups excluding carboxylic acids is 1. The van der Waals surface area contributed by atoms with Gasteiger partial charge in [-0.1, -0.05) is 89.9 Å². The van der Waals surface area contributed by atoms with E-state index in [0.717, 1.165) is 12.8 Å². The Kier molecular flexibility index (Phi) is 19.7. The van der Waals surface area contributed by atoms with Crippen molar-refractivity contribution in [2.45, 2.75) is 103 Å². The lowest BCUT2D eigenvalue weighted by Gasteiger charge is -2.03. The number of aliphatic hydroxyl groups excluding tert-OH is 1. The molecule has 3 nitrogen and oxygen atoms in total. The van der Waals surface area contributed by atoms with E-state index in [1.807, 2.05) is 0 Å². The summed E-state index contributed by atoms with van der Waals surface area (Å²) in [5.74, 6) is 0. The summed E-state index contributed by atoms with van der Waals surface area (Å²) < 4.78 is 0. The molecule has 0 aliphatic rings. The van der Waals surface area contributed by atoms with Gasteiger partial charge >= 0.3 is 0 Å². The summed E-state index contributed by atoms with van der Waals surface area (Å²) in [5, 5.41) is 8.68. The SMILES string of the molecule is O=C=NCCCCCCCCCCCCCCCCCCO. The topological polar surface area (TPSA) is 49.7 Å². The highest BCUT2D eigenvalue weighted by molar-refractivity contribution is 5.32. The molecule has 0 aromatic carbocycles. The number of unbranched alkanes of at least 4 members (excludes halogenated alkanes) is 15. The molecule has 0 aromatic rings. The molecule has 0 aromatic heterocycles. The quantitative estimate of drug-likeness (QED) is 0.205. The highest BCUT2D eigenvalue weighted by atomic mass is 16.2. The van der Waals surface area contributed by atoms with E-state index in [2.05, 4.69) is 4.99 Å². The monoisotopic (exact) mass is 311 g/mol. The minimum Gasteiger partial charge on any atom is -0.396 e. The van der Waals surface area contributed by atoms with Crippen LogP contribution in [0, 0.1) is 0 Å². The summed E-state index contributed by atoms with van der Waals surface area (Å²) in [6.07, 6.45) is 22.4. The molecule has 0 bridgehead atoms. The van der Waals surface area contributed by atoms with Crippen LogP contribution in [0.25, 0.3) is 0 Å². The smallest absolute Gasteiger partial charge is 0.234 e. The van der Waals surface area contributed by atoms with Crippen LogP contribution in [0.15, 0.2) is 4.99 Å². The standard InChI is InChI=1S/C19H37NO2/c21-18-16-14-12-10-8-6-4-2-1-3-5-7-9-11-13-15-17-20-19-22/h21H,1-18H2. The minimum atomic E-state index is 0.356. The van der Waals surface area contributed by atoms with Crippen LogP contribution in [-0.2, 0) is 4.79 Å². The zero-order valence-corrected chi connectivity index (χ0v) is 14.5. The van der Waals surface area contributed by atoms with Crippen molar-refractivity contribution in [1.82, 2.24) is 0 Å². The molecule has 0 rings (SSSR count). The molecule has 0 saturated heterocycles. The molecule has 0 unspecified atom stereocenters. The first-order valence-corrected chi connectivity index (χ1v) is 9.56. The van der Waals surface area contributed by atoms with Gasteiger partial charge in [-0.3, -0.25) is 0 Å². The van der Waals surface area contributed by atoms with E-state index in [1.165, 1.54) is 89.9 Å². The highest BCUT2D eigenvalue weighted by Crippen LogP contribution is 2.13. The van der Waals surface area contributed by atoms with Gasteiger partial charge < -0.3 is 5.11 Å². The molecule has 0 atom stereocenters. The number of aliphatic imine (C=N–C) groups is 1. The van der Waals surface area contributed by atoms with E-state index >= 15 is 0 Å². The van der Waals surface area contributed by atoms with Gasteiger partial charge in [0, 0.05) is 6.61 Å². The first-order valence-electron chi connectivity index (χ1n) is 9.56. The molecule has 130 valence electrons. The maximum absolute atomic E-state index is 9.88. The molecule has 1 N–H and O–H groups in total. The van der Waals surface area contributed by atoms with Gasteiger partial charge in [-0.15, -0.1) is 0 Å². The number of nitrogens with zero attached hydrogens (tertiary/aromatic N) is 1. The lowest BCUT2D eigenvalue weighted by molar-refractivity contribution is 0.282. The van der Waals surface area contributed by atoms with Gasteiger partial charge in [0.1, 0.15) is 0 Å².